The number of rotatable bonds is 7. The minimum atomic E-state index is -3.72. The van der Waals surface area contributed by atoms with Crippen LogP contribution < -0.4 is 14.4 Å². The number of hydrogen-bond acceptors (Lipinski definition) is 4. The van der Waals surface area contributed by atoms with Crippen LogP contribution in [-0.4, -0.2) is 33.5 Å². The third-order valence-corrected chi connectivity index (χ3v) is 7.15. The Kier molecular flexibility index (Phi) is 6.67. The smallest absolute Gasteiger partial charge is 0.263 e. The predicted molar refractivity (Wildman–Crippen MR) is 125 cm³/mol. The number of para-hydroxylation sites is 2. The number of benzene rings is 3. The van der Waals surface area contributed by atoms with Crippen molar-refractivity contribution in [2.24, 2.45) is 0 Å². The van der Waals surface area contributed by atoms with Crippen LogP contribution in [0.2, 0.25) is 5.02 Å². The van der Waals surface area contributed by atoms with E-state index in [1.54, 1.807) is 60.7 Å². The SMILES string of the molecule is O=C(NCCc1ccc(Cl)cc1)[C@@H]1CN(S(=O)(=O)Cc2ccccc2)c2ccccc2O1. The minimum Gasteiger partial charge on any atom is -0.476 e. The highest BCUT2D eigenvalue weighted by molar-refractivity contribution is 7.92. The lowest BCUT2D eigenvalue weighted by Gasteiger charge is -2.34. The maximum Gasteiger partial charge on any atom is 0.263 e. The molecule has 0 saturated heterocycles. The molecule has 1 atom stereocenters. The molecule has 1 amide bonds. The van der Waals surface area contributed by atoms with Crippen LogP contribution >= 0.6 is 11.6 Å². The number of sulfonamides is 1. The number of anilines is 1. The Morgan fingerprint density at radius 3 is 2.41 bits per heavy atom. The van der Waals surface area contributed by atoms with Crippen molar-refractivity contribution in [3.8, 4) is 5.75 Å². The number of ether oxygens (including phenoxy) is 1. The maximum atomic E-state index is 13.2. The average Bonchev–Trinajstić information content (AvgIpc) is 2.80. The van der Waals surface area contributed by atoms with Gasteiger partial charge in [0.05, 0.1) is 18.0 Å². The Hall–Kier alpha value is -3.03. The van der Waals surface area contributed by atoms with Crippen LogP contribution in [0, 0.1) is 0 Å². The number of amides is 1. The van der Waals surface area contributed by atoms with Gasteiger partial charge in [-0.25, -0.2) is 8.42 Å². The maximum absolute atomic E-state index is 13.2. The third-order valence-electron chi connectivity index (χ3n) is 5.18. The molecule has 3 aromatic carbocycles. The first-order valence-electron chi connectivity index (χ1n) is 10.2. The molecule has 0 saturated carbocycles. The van der Waals surface area contributed by atoms with Gasteiger partial charge in [0.2, 0.25) is 10.0 Å². The number of carbonyl (C=O) groups is 1. The van der Waals surface area contributed by atoms with E-state index in [0.29, 0.717) is 35.0 Å². The second kappa shape index (κ2) is 9.63. The van der Waals surface area contributed by atoms with Crippen molar-refractivity contribution >= 4 is 33.2 Å². The molecule has 32 heavy (non-hydrogen) atoms. The minimum absolute atomic E-state index is 0.0844. The number of nitrogens with zero attached hydrogens (tertiary/aromatic N) is 1. The van der Waals surface area contributed by atoms with Crippen molar-refractivity contribution in [2.75, 3.05) is 17.4 Å². The molecule has 1 aliphatic heterocycles. The summed E-state index contributed by atoms with van der Waals surface area (Å²) in [5.41, 5.74) is 2.16. The molecule has 4 rings (SSSR count). The van der Waals surface area contributed by atoms with Gasteiger partial charge in [-0.1, -0.05) is 66.2 Å². The van der Waals surface area contributed by atoms with Crippen molar-refractivity contribution in [1.82, 2.24) is 5.32 Å². The van der Waals surface area contributed by atoms with E-state index >= 15 is 0 Å². The highest BCUT2D eigenvalue weighted by atomic mass is 35.5. The number of carbonyl (C=O) groups excluding carboxylic acids is 1. The lowest BCUT2D eigenvalue weighted by molar-refractivity contribution is -0.127. The summed E-state index contributed by atoms with van der Waals surface area (Å²) in [7, 11) is -3.72. The summed E-state index contributed by atoms with van der Waals surface area (Å²) in [4.78, 5) is 12.8. The van der Waals surface area contributed by atoms with E-state index in [1.807, 2.05) is 18.2 Å². The normalized spacial score (nSPS) is 15.5. The zero-order chi connectivity index (χ0) is 22.6. The molecule has 1 heterocycles. The third kappa shape index (κ3) is 5.23. The number of fused-ring (bicyclic) bond motifs is 1. The highest BCUT2D eigenvalue weighted by Crippen LogP contribution is 2.35. The first kappa shape index (κ1) is 22.2. The average molecular weight is 471 g/mol. The van der Waals surface area contributed by atoms with E-state index in [-0.39, 0.29) is 18.2 Å². The predicted octanol–water partition coefficient (Wildman–Crippen LogP) is 3.80. The quantitative estimate of drug-likeness (QED) is 0.570. The molecule has 6 nitrogen and oxygen atoms in total. The van der Waals surface area contributed by atoms with E-state index in [1.165, 1.54) is 4.31 Å². The van der Waals surface area contributed by atoms with Crippen molar-refractivity contribution in [3.63, 3.8) is 0 Å². The van der Waals surface area contributed by atoms with Crippen LogP contribution in [0.15, 0.2) is 78.9 Å². The van der Waals surface area contributed by atoms with Crippen molar-refractivity contribution in [2.45, 2.75) is 18.3 Å². The molecule has 1 aliphatic rings. The molecule has 0 bridgehead atoms. The van der Waals surface area contributed by atoms with E-state index in [0.717, 1.165) is 5.56 Å². The van der Waals surface area contributed by atoms with E-state index in [4.69, 9.17) is 16.3 Å². The monoisotopic (exact) mass is 470 g/mol. The lowest BCUT2D eigenvalue weighted by atomic mass is 10.1. The van der Waals surface area contributed by atoms with Crippen LogP contribution in [0.4, 0.5) is 5.69 Å². The van der Waals surface area contributed by atoms with Gasteiger partial charge in [-0.2, -0.15) is 0 Å². The molecular formula is C24H23ClN2O4S. The zero-order valence-corrected chi connectivity index (χ0v) is 18.9. The molecule has 0 unspecified atom stereocenters. The summed E-state index contributed by atoms with van der Waals surface area (Å²) in [6.45, 7) is 0.317. The van der Waals surface area contributed by atoms with E-state index < -0.39 is 16.1 Å². The number of hydrogen-bond donors (Lipinski definition) is 1. The largest absolute Gasteiger partial charge is 0.476 e. The second-order valence-electron chi connectivity index (χ2n) is 7.51. The Morgan fingerprint density at radius 1 is 0.969 bits per heavy atom. The number of nitrogens with one attached hydrogen (secondary N) is 1. The summed E-state index contributed by atoms with van der Waals surface area (Å²) >= 11 is 5.90. The fourth-order valence-corrected chi connectivity index (χ4v) is 5.27. The highest BCUT2D eigenvalue weighted by Gasteiger charge is 2.36. The Morgan fingerprint density at radius 2 is 1.66 bits per heavy atom. The molecule has 0 aliphatic carbocycles. The fourth-order valence-electron chi connectivity index (χ4n) is 3.56. The molecule has 1 N–H and O–H groups in total. The van der Waals surface area contributed by atoms with Gasteiger partial charge < -0.3 is 10.1 Å². The summed E-state index contributed by atoms with van der Waals surface area (Å²) in [5, 5.41) is 3.51. The summed E-state index contributed by atoms with van der Waals surface area (Å²) in [6, 6.07) is 23.2. The molecule has 0 spiro atoms. The molecule has 0 radical (unpaired) electrons. The zero-order valence-electron chi connectivity index (χ0n) is 17.3. The van der Waals surface area contributed by atoms with Gasteiger partial charge in [-0.15, -0.1) is 0 Å². The molecule has 166 valence electrons. The van der Waals surface area contributed by atoms with Crippen LogP contribution in [-0.2, 0) is 27.0 Å². The summed E-state index contributed by atoms with van der Waals surface area (Å²) in [5.74, 6) is -0.144. The second-order valence-corrected chi connectivity index (χ2v) is 9.84. The summed E-state index contributed by atoms with van der Waals surface area (Å²) in [6.07, 6.45) is -0.317. The van der Waals surface area contributed by atoms with Crippen molar-refractivity contribution in [3.05, 3.63) is 95.0 Å². The van der Waals surface area contributed by atoms with E-state index in [9.17, 15) is 13.2 Å². The van der Waals surface area contributed by atoms with Gasteiger partial charge in [0.1, 0.15) is 5.75 Å². The van der Waals surface area contributed by atoms with Crippen LogP contribution in [0.1, 0.15) is 11.1 Å². The van der Waals surface area contributed by atoms with Gasteiger partial charge in [-0.05, 0) is 41.8 Å². The topological polar surface area (TPSA) is 75.7 Å². The summed E-state index contributed by atoms with van der Waals surface area (Å²) < 4.78 is 33.6. The Labute approximate surface area is 192 Å². The van der Waals surface area contributed by atoms with Crippen molar-refractivity contribution < 1.29 is 17.9 Å². The fraction of sp³-hybridized carbons (Fsp3) is 0.208. The molecular weight excluding hydrogens is 448 g/mol. The van der Waals surface area contributed by atoms with Gasteiger partial charge in [-0.3, -0.25) is 9.10 Å². The molecule has 0 fully saturated rings. The molecule has 3 aromatic rings. The first-order valence-corrected chi connectivity index (χ1v) is 12.2. The Balaban J connectivity index is 1.47. The van der Waals surface area contributed by atoms with Gasteiger partial charge >= 0.3 is 0 Å². The Bertz CT molecular complexity index is 1180. The van der Waals surface area contributed by atoms with Gasteiger partial charge in [0.15, 0.2) is 6.10 Å². The standard InChI is InChI=1S/C24H23ClN2O4S/c25-20-12-10-18(11-13-20)14-15-26-24(28)23-16-27(21-8-4-5-9-22(21)31-23)32(29,30)17-19-6-2-1-3-7-19/h1-13,23H,14-17H2,(H,26,28)/t23-/m0/s1. The van der Waals surface area contributed by atoms with E-state index in [2.05, 4.69) is 5.32 Å². The van der Waals surface area contributed by atoms with Crippen LogP contribution in [0.25, 0.3) is 0 Å². The van der Waals surface area contributed by atoms with Crippen molar-refractivity contribution in [1.29, 1.82) is 0 Å². The van der Waals surface area contributed by atoms with Gasteiger partial charge in [0, 0.05) is 11.6 Å². The number of halogens is 1. The van der Waals surface area contributed by atoms with Crippen LogP contribution in [0.5, 0.6) is 5.75 Å². The molecule has 8 heteroatoms. The van der Waals surface area contributed by atoms with Crippen LogP contribution in [0.3, 0.4) is 0 Å². The molecule has 0 aromatic heterocycles. The first-order chi connectivity index (χ1) is 15.4. The van der Waals surface area contributed by atoms with Gasteiger partial charge in [0.25, 0.3) is 5.91 Å². The lowest BCUT2D eigenvalue weighted by Crippen LogP contribution is -2.51.